The molecular weight excluding hydrogens is 245 g/mol. The molecule has 0 unspecified atom stereocenters. The van der Waals surface area contributed by atoms with Gasteiger partial charge in [0.25, 0.3) is 0 Å². The number of quaternary nitrogens is 1. The molecule has 2 rings (SSSR count). The van der Waals surface area contributed by atoms with Crippen molar-refractivity contribution < 1.29 is 9.64 Å². The fraction of sp³-hybridized carbons (Fsp3) is 0.500. The highest BCUT2D eigenvalue weighted by atomic mass is 35.5. The standard InChI is InChI=1S/C12H15Cl2NO/c13-10-3-4-11(14)12(9-10)16-8-7-15-5-1-2-6-15/h3-4,9H,1-2,5-8H2/p+1. The summed E-state index contributed by atoms with van der Waals surface area (Å²) in [5.41, 5.74) is 0. The summed E-state index contributed by atoms with van der Waals surface area (Å²) in [7, 11) is 0. The van der Waals surface area contributed by atoms with E-state index in [0.29, 0.717) is 22.4 Å². The third kappa shape index (κ3) is 3.27. The van der Waals surface area contributed by atoms with Crippen LogP contribution in [0.4, 0.5) is 0 Å². The van der Waals surface area contributed by atoms with Gasteiger partial charge < -0.3 is 9.64 Å². The molecule has 0 bridgehead atoms. The highest BCUT2D eigenvalue weighted by Crippen LogP contribution is 2.27. The number of hydrogen-bond acceptors (Lipinski definition) is 1. The average molecular weight is 261 g/mol. The molecule has 0 radical (unpaired) electrons. The first kappa shape index (κ1) is 12.0. The second kappa shape index (κ2) is 5.76. The van der Waals surface area contributed by atoms with Gasteiger partial charge in [-0.25, -0.2) is 0 Å². The van der Waals surface area contributed by atoms with Gasteiger partial charge in [0.2, 0.25) is 0 Å². The Morgan fingerprint density at radius 3 is 2.69 bits per heavy atom. The van der Waals surface area contributed by atoms with Crippen molar-refractivity contribution >= 4 is 23.2 Å². The summed E-state index contributed by atoms with van der Waals surface area (Å²) in [6.45, 7) is 4.29. The molecule has 1 saturated heterocycles. The van der Waals surface area contributed by atoms with E-state index in [1.54, 1.807) is 23.1 Å². The van der Waals surface area contributed by atoms with E-state index in [0.717, 1.165) is 6.54 Å². The zero-order valence-electron chi connectivity index (χ0n) is 9.14. The first-order valence-corrected chi connectivity index (χ1v) is 6.43. The van der Waals surface area contributed by atoms with E-state index < -0.39 is 0 Å². The first-order valence-electron chi connectivity index (χ1n) is 5.67. The Morgan fingerprint density at radius 2 is 1.94 bits per heavy atom. The van der Waals surface area contributed by atoms with Crippen molar-refractivity contribution in [2.75, 3.05) is 26.2 Å². The molecule has 1 fully saturated rings. The second-order valence-electron chi connectivity index (χ2n) is 4.13. The van der Waals surface area contributed by atoms with E-state index in [9.17, 15) is 0 Å². The minimum absolute atomic E-state index is 0.626. The van der Waals surface area contributed by atoms with E-state index in [2.05, 4.69) is 0 Å². The topological polar surface area (TPSA) is 13.7 Å². The van der Waals surface area contributed by atoms with Crippen molar-refractivity contribution in [1.29, 1.82) is 0 Å². The van der Waals surface area contributed by atoms with Crippen LogP contribution in [0.2, 0.25) is 10.0 Å². The van der Waals surface area contributed by atoms with Gasteiger partial charge in [-0.05, 0) is 12.1 Å². The maximum absolute atomic E-state index is 6.00. The van der Waals surface area contributed by atoms with E-state index >= 15 is 0 Å². The maximum atomic E-state index is 6.00. The number of likely N-dealkylation sites (tertiary alicyclic amines) is 1. The smallest absolute Gasteiger partial charge is 0.139 e. The summed E-state index contributed by atoms with van der Waals surface area (Å²) < 4.78 is 5.64. The maximum Gasteiger partial charge on any atom is 0.139 e. The molecule has 0 aromatic heterocycles. The molecule has 1 aliphatic heterocycles. The Morgan fingerprint density at radius 1 is 1.19 bits per heavy atom. The van der Waals surface area contributed by atoms with Gasteiger partial charge in [-0.3, -0.25) is 0 Å². The van der Waals surface area contributed by atoms with Crippen LogP contribution in [0, 0.1) is 0 Å². The molecule has 0 saturated carbocycles. The van der Waals surface area contributed by atoms with Crippen molar-refractivity contribution in [1.82, 2.24) is 0 Å². The van der Waals surface area contributed by atoms with Gasteiger partial charge in [-0.2, -0.15) is 0 Å². The van der Waals surface area contributed by atoms with Gasteiger partial charge in [0.15, 0.2) is 0 Å². The van der Waals surface area contributed by atoms with Crippen LogP contribution in [-0.4, -0.2) is 26.2 Å². The van der Waals surface area contributed by atoms with Crippen LogP contribution in [-0.2, 0) is 0 Å². The lowest BCUT2D eigenvalue weighted by atomic mass is 10.3. The van der Waals surface area contributed by atoms with Crippen LogP contribution in [0.1, 0.15) is 12.8 Å². The van der Waals surface area contributed by atoms with Gasteiger partial charge in [-0.1, -0.05) is 23.2 Å². The predicted octanol–water partition coefficient (Wildman–Crippen LogP) is 2.05. The van der Waals surface area contributed by atoms with E-state index in [1.807, 2.05) is 0 Å². The lowest BCUT2D eigenvalue weighted by Crippen LogP contribution is -3.10. The fourth-order valence-corrected chi connectivity index (χ4v) is 2.35. The van der Waals surface area contributed by atoms with Gasteiger partial charge in [-0.15, -0.1) is 0 Å². The van der Waals surface area contributed by atoms with Crippen LogP contribution >= 0.6 is 23.2 Å². The predicted molar refractivity (Wildman–Crippen MR) is 66.8 cm³/mol. The summed E-state index contributed by atoms with van der Waals surface area (Å²) in [5, 5.41) is 1.29. The van der Waals surface area contributed by atoms with Gasteiger partial charge >= 0.3 is 0 Å². The van der Waals surface area contributed by atoms with Crippen LogP contribution in [0.5, 0.6) is 5.75 Å². The molecule has 0 amide bonds. The van der Waals surface area contributed by atoms with Crippen molar-refractivity contribution in [3.05, 3.63) is 28.2 Å². The number of rotatable bonds is 4. The summed E-state index contributed by atoms with van der Waals surface area (Å²) in [6.07, 6.45) is 2.68. The molecule has 1 aromatic carbocycles. The third-order valence-corrected chi connectivity index (χ3v) is 3.46. The largest absolute Gasteiger partial charge is 0.486 e. The van der Waals surface area contributed by atoms with Crippen molar-refractivity contribution in [3.63, 3.8) is 0 Å². The van der Waals surface area contributed by atoms with E-state index in [4.69, 9.17) is 27.9 Å². The molecule has 1 aliphatic rings. The molecule has 1 heterocycles. The summed E-state index contributed by atoms with van der Waals surface area (Å²) in [5.74, 6) is 0.688. The average Bonchev–Trinajstić information content (AvgIpc) is 2.76. The second-order valence-corrected chi connectivity index (χ2v) is 4.97. The molecule has 16 heavy (non-hydrogen) atoms. The monoisotopic (exact) mass is 260 g/mol. The summed E-state index contributed by atoms with van der Waals surface area (Å²) in [4.78, 5) is 1.62. The molecule has 4 heteroatoms. The van der Waals surface area contributed by atoms with Crippen LogP contribution in [0.25, 0.3) is 0 Å². The van der Waals surface area contributed by atoms with Crippen molar-refractivity contribution in [3.8, 4) is 5.75 Å². The van der Waals surface area contributed by atoms with Crippen LogP contribution in [0.15, 0.2) is 18.2 Å². The minimum atomic E-state index is 0.626. The molecule has 1 aromatic rings. The van der Waals surface area contributed by atoms with E-state index in [1.165, 1.54) is 25.9 Å². The van der Waals surface area contributed by atoms with Gasteiger partial charge in [0.1, 0.15) is 18.9 Å². The van der Waals surface area contributed by atoms with Gasteiger partial charge in [0.05, 0.1) is 18.1 Å². The normalized spacial score (nSPS) is 16.6. The summed E-state index contributed by atoms with van der Waals surface area (Å²) in [6, 6.07) is 5.30. The molecular formula is C12H16Cl2NO+. The van der Waals surface area contributed by atoms with E-state index in [-0.39, 0.29) is 0 Å². The Labute approximate surface area is 106 Å². The Bertz CT molecular complexity index is 351. The molecule has 0 aliphatic carbocycles. The number of benzene rings is 1. The molecule has 88 valence electrons. The van der Waals surface area contributed by atoms with Crippen molar-refractivity contribution in [2.24, 2.45) is 0 Å². The zero-order chi connectivity index (χ0) is 11.4. The summed E-state index contributed by atoms with van der Waals surface area (Å²) >= 11 is 11.9. The number of halogens is 2. The number of hydrogen-bond donors (Lipinski definition) is 1. The Hall–Kier alpha value is -0.440. The number of ether oxygens (including phenoxy) is 1. The molecule has 0 atom stereocenters. The van der Waals surface area contributed by atoms with Crippen LogP contribution in [0.3, 0.4) is 0 Å². The fourth-order valence-electron chi connectivity index (χ4n) is 2.02. The van der Waals surface area contributed by atoms with Gasteiger partial charge in [0, 0.05) is 23.9 Å². The first-order chi connectivity index (χ1) is 7.75. The third-order valence-electron chi connectivity index (χ3n) is 2.92. The highest BCUT2D eigenvalue weighted by molar-refractivity contribution is 6.34. The lowest BCUT2D eigenvalue weighted by molar-refractivity contribution is -0.887. The molecule has 2 nitrogen and oxygen atoms in total. The Balaban J connectivity index is 1.82. The quantitative estimate of drug-likeness (QED) is 0.875. The lowest BCUT2D eigenvalue weighted by Gasteiger charge is -2.13. The molecule has 0 spiro atoms. The Kier molecular flexibility index (Phi) is 4.33. The highest BCUT2D eigenvalue weighted by Gasteiger charge is 2.14. The van der Waals surface area contributed by atoms with Crippen molar-refractivity contribution in [2.45, 2.75) is 12.8 Å². The minimum Gasteiger partial charge on any atom is -0.486 e. The number of nitrogens with one attached hydrogen (secondary N) is 1. The SMILES string of the molecule is Clc1ccc(Cl)c(OCC[NH+]2CCCC2)c1. The molecule has 1 N–H and O–H groups in total. The van der Waals surface area contributed by atoms with Crippen LogP contribution < -0.4 is 9.64 Å². The zero-order valence-corrected chi connectivity index (χ0v) is 10.7.